The van der Waals surface area contributed by atoms with Gasteiger partial charge in [0.2, 0.25) is 0 Å². The summed E-state index contributed by atoms with van der Waals surface area (Å²) >= 11 is 0. The molecule has 5 nitrogen and oxygen atoms in total. The van der Waals surface area contributed by atoms with Crippen LogP contribution in [0.3, 0.4) is 0 Å². The predicted octanol–water partition coefficient (Wildman–Crippen LogP) is -0.739. The number of aliphatic imine (C=N–C) groups is 1. The Bertz CT molecular complexity index is 244. The number of hydrogen-bond donors (Lipinski definition) is 3. The molecule has 0 aromatic carbocycles. The van der Waals surface area contributed by atoms with Gasteiger partial charge in [0, 0.05) is 5.70 Å². The first-order chi connectivity index (χ1) is 5.09. The number of nitrogens with two attached hydrogens (primary N) is 1. The van der Waals surface area contributed by atoms with Crippen LogP contribution in [0.5, 0.6) is 0 Å². The van der Waals surface area contributed by atoms with Gasteiger partial charge in [0.15, 0.2) is 6.29 Å². The molecule has 0 saturated heterocycles. The third kappa shape index (κ3) is 1.78. The third-order valence-corrected chi connectivity index (χ3v) is 1.23. The number of rotatable bonds is 1. The molecule has 1 aliphatic heterocycles. The van der Waals surface area contributed by atoms with E-state index in [4.69, 9.17) is 10.8 Å². The first-order valence-electron chi connectivity index (χ1n) is 3.11. The lowest BCUT2D eigenvalue weighted by Gasteiger charge is -2.16. The van der Waals surface area contributed by atoms with Gasteiger partial charge in [0.1, 0.15) is 5.71 Å². The quantitative estimate of drug-likeness (QED) is 0.465. The zero-order valence-corrected chi connectivity index (χ0v) is 6.03. The molecule has 11 heavy (non-hydrogen) atoms. The van der Waals surface area contributed by atoms with Crippen molar-refractivity contribution in [2.24, 2.45) is 10.7 Å². The second-order valence-corrected chi connectivity index (χ2v) is 2.24. The van der Waals surface area contributed by atoms with Gasteiger partial charge in [-0.05, 0) is 13.0 Å². The molecule has 0 amide bonds. The van der Waals surface area contributed by atoms with Crippen LogP contribution in [0.25, 0.3) is 0 Å². The zero-order chi connectivity index (χ0) is 8.43. The summed E-state index contributed by atoms with van der Waals surface area (Å²) < 4.78 is 0. The summed E-state index contributed by atoms with van der Waals surface area (Å²) in [6, 6.07) is 0. The van der Waals surface area contributed by atoms with Crippen molar-refractivity contribution in [2.45, 2.75) is 13.2 Å². The Balaban J connectivity index is 2.87. The van der Waals surface area contributed by atoms with Gasteiger partial charge in [-0.25, -0.2) is 9.79 Å². The standard InChI is InChI=1S/C6H9N3O2/c1-3-2-4(5(10)11)9-6(7)8-3/h2,6,8H,7H2,1H3,(H,10,11)/t6-/m0/s1. The molecule has 0 saturated carbocycles. The molecule has 0 fully saturated rings. The Labute approximate surface area is 63.6 Å². The van der Waals surface area contributed by atoms with E-state index in [1.54, 1.807) is 6.92 Å². The first-order valence-corrected chi connectivity index (χ1v) is 3.11. The van der Waals surface area contributed by atoms with Gasteiger partial charge in [-0.15, -0.1) is 0 Å². The number of carboxylic acids is 1. The Morgan fingerprint density at radius 1 is 1.91 bits per heavy atom. The average Bonchev–Trinajstić information content (AvgIpc) is 1.85. The fourth-order valence-corrected chi connectivity index (χ4v) is 0.816. The smallest absolute Gasteiger partial charge is 0.354 e. The van der Waals surface area contributed by atoms with Crippen molar-refractivity contribution in [3.8, 4) is 0 Å². The maximum absolute atomic E-state index is 10.4. The zero-order valence-electron chi connectivity index (χ0n) is 6.03. The molecule has 0 aromatic heterocycles. The van der Waals surface area contributed by atoms with Crippen molar-refractivity contribution < 1.29 is 9.90 Å². The Kier molecular flexibility index (Phi) is 1.91. The molecular formula is C6H9N3O2. The van der Waals surface area contributed by atoms with Crippen LogP contribution in [-0.2, 0) is 4.79 Å². The van der Waals surface area contributed by atoms with Gasteiger partial charge in [-0.2, -0.15) is 0 Å². The molecular weight excluding hydrogens is 146 g/mol. The summed E-state index contributed by atoms with van der Waals surface area (Å²) in [5, 5.41) is 11.3. The third-order valence-electron chi connectivity index (χ3n) is 1.23. The topological polar surface area (TPSA) is 87.7 Å². The number of aliphatic carboxylic acids is 1. The number of nitrogens with one attached hydrogen (secondary N) is 1. The van der Waals surface area contributed by atoms with E-state index in [1.807, 2.05) is 0 Å². The highest BCUT2D eigenvalue weighted by Gasteiger charge is 2.13. The Hall–Kier alpha value is -1.36. The predicted molar refractivity (Wildman–Crippen MR) is 39.9 cm³/mol. The molecule has 0 spiro atoms. The monoisotopic (exact) mass is 155 g/mol. The second-order valence-electron chi connectivity index (χ2n) is 2.24. The van der Waals surface area contributed by atoms with E-state index in [2.05, 4.69) is 10.3 Å². The summed E-state index contributed by atoms with van der Waals surface area (Å²) in [6.45, 7) is 1.73. The minimum absolute atomic E-state index is 0.00579. The summed E-state index contributed by atoms with van der Waals surface area (Å²) in [5.74, 6) is -1.05. The Morgan fingerprint density at radius 2 is 2.55 bits per heavy atom. The number of carboxylic acid groups (broad SMARTS) is 1. The molecule has 0 radical (unpaired) electrons. The fourth-order valence-electron chi connectivity index (χ4n) is 0.816. The van der Waals surface area contributed by atoms with Crippen LogP contribution in [0.15, 0.2) is 16.8 Å². The van der Waals surface area contributed by atoms with Crippen LogP contribution < -0.4 is 11.1 Å². The molecule has 4 N–H and O–H groups in total. The van der Waals surface area contributed by atoms with Gasteiger partial charge in [-0.1, -0.05) is 0 Å². The molecule has 1 atom stereocenters. The summed E-state index contributed by atoms with van der Waals surface area (Å²) in [5.41, 5.74) is 6.06. The molecule has 5 heteroatoms. The fraction of sp³-hybridized carbons (Fsp3) is 0.333. The summed E-state index contributed by atoms with van der Waals surface area (Å²) in [7, 11) is 0. The minimum atomic E-state index is -1.05. The normalized spacial score (nSPS) is 23.3. The molecule has 1 heterocycles. The van der Waals surface area contributed by atoms with Crippen LogP contribution >= 0.6 is 0 Å². The van der Waals surface area contributed by atoms with Gasteiger partial charge >= 0.3 is 5.97 Å². The molecule has 1 aliphatic rings. The van der Waals surface area contributed by atoms with Crippen LogP contribution in [0.4, 0.5) is 0 Å². The van der Waals surface area contributed by atoms with Crippen molar-refractivity contribution in [3.05, 3.63) is 11.8 Å². The van der Waals surface area contributed by atoms with E-state index in [1.165, 1.54) is 6.08 Å². The Morgan fingerprint density at radius 3 is 3.00 bits per heavy atom. The minimum Gasteiger partial charge on any atom is -0.477 e. The van der Waals surface area contributed by atoms with Crippen molar-refractivity contribution >= 4 is 11.7 Å². The highest BCUT2D eigenvalue weighted by atomic mass is 16.4. The maximum Gasteiger partial charge on any atom is 0.354 e. The summed E-state index contributed by atoms with van der Waals surface area (Å²) in [4.78, 5) is 14.0. The van der Waals surface area contributed by atoms with Gasteiger partial charge in [0.25, 0.3) is 0 Å². The van der Waals surface area contributed by atoms with Gasteiger partial charge in [-0.3, -0.25) is 5.73 Å². The summed E-state index contributed by atoms with van der Waals surface area (Å²) in [6.07, 6.45) is 0.803. The van der Waals surface area contributed by atoms with E-state index in [9.17, 15) is 4.79 Å². The number of nitrogens with zero attached hydrogens (tertiary/aromatic N) is 1. The van der Waals surface area contributed by atoms with Crippen LogP contribution in [0.2, 0.25) is 0 Å². The highest BCUT2D eigenvalue weighted by Crippen LogP contribution is 1.98. The van der Waals surface area contributed by atoms with E-state index < -0.39 is 12.3 Å². The molecule has 0 bridgehead atoms. The lowest BCUT2D eigenvalue weighted by molar-refractivity contribution is -0.129. The lowest BCUT2D eigenvalue weighted by Crippen LogP contribution is -2.39. The number of hydrogen-bond acceptors (Lipinski definition) is 4. The molecule has 0 aromatic rings. The van der Waals surface area contributed by atoms with Crippen molar-refractivity contribution in [2.75, 3.05) is 0 Å². The average molecular weight is 155 g/mol. The molecule has 0 unspecified atom stereocenters. The number of carbonyl (C=O) groups is 1. The van der Waals surface area contributed by atoms with Crippen molar-refractivity contribution in [1.29, 1.82) is 0 Å². The molecule has 60 valence electrons. The van der Waals surface area contributed by atoms with Crippen molar-refractivity contribution in [1.82, 2.24) is 5.32 Å². The SMILES string of the molecule is CC1=CC(C(=O)O)=N[C@@H](N)N1. The second kappa shape index (κ2) is 2.71. The first kappa shape index (κ1) is 7.74. The molecule has 1 rings (SSSR count). The van der Waals surface area contributed by atoms with E-state index in [0.29, 0.717) is 5.70 Å². The van der Waals surface area contributed by atoms with Gasteiger partial charge < -0.3 is 10.4 Å². The van der Waals surface area contributed by atoms with E-state index in [0.717, 1.165) is 0 Å². The highest BCUT2D eigenvalue weighted by molar-refractivity contribution is 6.40. The molecule has 0 aliphatic carbocycles. The largest absolute Gasteiger partial charge is 0.477 e. The van der Waals surface area contributed by atoms with Gasteiger partial charge in [0.05, 0.1) is 0 Å². The van der Waals surface area contributed by atoms with E-state index in [-0.39, 0.29) is 5.71 Å². The van der Waals surface area contributed by atoms with Crippen molar-refractivity contribution in [3.63, 3.8) is 0 Å². The maximum atomic E-state index is 10.4. The lowest BCUT2D eigenvalue weighted by atomic mass is 10.2. The van der Waals surface area contributed by atoms with Crippen LogP contribution in [0, 0.1) is 0 Å². The van der Waals surface area contributed by atoms with E-state index >= 15 is 0 Å². The number of allylic oxidation sites excluding steroid dienone is 1. The van der Waals surface area contributed by atoms with Crippen LogP contribution in [0.1, 0.15) is 6.92 Å². The van der Waals surface area contributed by atoms with Crippen LogP contribution in [-0.4, -0.2) is 23.1 Å².